The van der Waals surface area contributed by atoms with Gasteiger partial charge >= 0.3 is 6.18 Å². The number of alkyl halides is 3. The van der Waals surface area contributed by atoms with E-state index in [0.29, 0.717) is 5.56 Å². The number of hydrogen-bond donors (Lipinski definition) is 2. The van der Waals surface area contributed by atoms with Crippen LogP contribution in [0.2, 0.25) is 0 Å². The summed E-state index contributed by atoms with van der Waals surface area (Å²) in [6, 6.07) is 10.2. The minimum Gasteiger partial charge on any atom is -0.383 e. The van der Waals surface area contributed by atoms with E-state index < -0.39 is 23.5 Å². The maximum atomic E-state index is 13.3. The molecule has 28 heavy (non-hydrogen) atoms. The number of aromatic nitrogens is 2. The zero-order valence-corrected chi connectivity index (χ0v) is 14.3. The third-order valence-corrected chi connectivity index (χ3v) is 3.85. The second kappa shape index (κ2) is 7.63. The number of nitrogens with zero attached hydrogens (tertiary/aromatic N) is 2. The summed E-state index contributed by atoms with van der Waals surface area (Å²) in [5, 5.41) is 2.48. The molecule has 0 atom stereocenters. The van der Waals surface area contributed by atoms with Gasteiger partial charge in [-0.3, -0.25) is 4.79 Å². The summed E-state index contributed by atoms with van der Waals surface area (Å²) in [6.45, 7) is -0.131. The number of benzene rings is 2. The van der Waals surface area contributed by atoms with Crippen LogP contribution < -0.4 is 11.1 Å². The molecule has 2 aromatic carbocycles. The number of amides is 1. The average molecular weight is 390 g/mol. The first-order valence-corrected chi connectivity index (χ1v) is 8.07. The molecule has 3 rings (SSSR count). The minimum atomic E-state index is -4.47. The van der Waals surface area contributed by atoms with Crippen molar-refractivity contribution in [1.82, 2.24) is 15.3 Å². The molecule has 0 saturated heterocycles. The summed E-state index contributed by atoms with van der Waals surface area (Å²) in [6.07, 6.45) is -3.28. The van der Waals surface area contributed by atoms with Crippen molar-refractivity contribution in [3.63, 3.8) is 0 Å². The summed E-state index contributed by atoms with van der Waals surface area (Å²) in [4.78, 5) is 20.3. The smallest absolute Gasteiger partial charge is 0.383 e. The first-order chi connectivity index (χ1) is 13.2. The summed E-state index contributed by atoms with van der Waals surface area (Å²) in [5.74, 6) is -1.09. The average Bonchev–Trinajstić information content (AvgIpc) is 2.65. The van der Waals surface area contributed by atoms with Gasteiger partial charge in [-0.15, -0.1) is 0 Å². The molecule has 5 nitrogen and oxygen atoms in total. The fourth-order valence-corrected chi connectivity index (χ4v) is 2.47. The SMILES string of the molecule is Nc1nc(-c2cccc(F)c2)ncc1C(=O)NCc1cccc(C(F)(F)F)c1. The molecule has 0 aliphatic carbocycles. The molecular weight excluding hydrogens is 376 g/mol. The second-order valence-corrected chi connectivity index (χ2v) is 5.88. The Morgan fingerprint density at radius 3 is 2.54 bits per heavy atom. The quantitative estimate of drug-likeness (QED) is 0.664. The van der Waals surface area contributed by atoms with Gasteiger partial charge in [0.25, 0.3) is 5.91 Å². The van der Waals surface area contributed by atoms with E-state index in [1.807, 2.05) is 0 Å². The number of halogens is 4. The van der Waals surface area contributed by atoms with Crippen LogP contribution in [-0.2, 0) is 12.7 Å². The Morgan fingerprint density at radius 1 is 1.11 bits per heavy atom. The molecule has 0 unspecified atom stereocenters. The standard InChI is InChI=1S/C19H14F4N4O/c20-14-6-2-4-12(8-14)17-25-10-15(16(24)27-17)18(28)26-9-11-3-1-5-13(7-11)19(21,22)23/h1-8,10H,9H2,(H,26,28)(H2,24,25,27). The number of nitrogens with two attached hydrogens (primary N) is 1. The molecule has 0 spiro atoms. The van der Waals surface area contributed by atoms with Crippen LogP contribution in [0.25, 0.3) is 11.4 Å². The number of hydrogen-bond acceptors (Lipinski definition) is 4. The summed E-state index contributed by atoms with van der Waals surface area (Å²) >= 11 is 0. The molecule has 1 aromatic heterocycles. The van der Waals surface area contributed by atoms with Gasteiger partial charge in [0.1, 0.15) is 11.6 Å². The van der Waals surface area contributed by atoms with E-state index in [-0.39, 0.29) is 29.3 Å². The Bertz CT molecular complexity index is 1020. The predicted molar refractivity (Wildman–Crippen MR) is 94.5 cm³/mol. The fraction of sp³-hybridized carbons (Fsp3) is 0.105. The molecule has 3 aromatic rings. The van der Waals surface area contributed by atoms with Gasteiger partial charge in [-0.05, 0) is 29.8 Å². The monoisotopic (exact) mass is 390 g/mol. The molecule has 3 N–H and O–H groups in total. The molecule has 0 saturated carbocycles. The predicted octanol–water partition coefficient (Wildman–Crippen LogP) is 3.81. The zero-order chi connectivity index (χ0) is 20.3. The Labute approximate surface area is 157 Å². The molecule has 0 aliphatic rings. The lowest BCUT2D eigenvalue weighted by Crippen LogP contribution is -2.24. The highest BCUT2D eigenvalue weighted by atomic mass is 19.4. The van der Waals surface area contributed by atoms with E-state index in [0.717, 1.165) is 12.1 Å². The highest BCUT2D eigenvalue weighted by Crippen LogP contribution is 2.29. The second-order valence-electron chi connectivity index (χ2n) is 5.88. The number of nitrogens with one attached hydrogen (secondary N) is 1. The van der Waals surface area contributed by atoms with Crippen LogP contribution in [0.4, 0.5) is 23.4 Å². The van der Waals surface area contributed by atoms with Crippen molar-refractivity contribution < 1.29 is 22.4 Å². The van der Waals surface area contributed by atoms with Crippen molar-refractivity contribution in [1.29, 1.82) is 0 Å². The number of carbonyl (C=O) groups excluding carboxylic acids is 1. The van der Waals surface area contributed by atoms with Crippen molar-refractivity contribution in [2.75, 3.05) is 5.73 Å². The van der Waals surface area contributed by atoms with Crippen molar-refractivity contribution in [3.05, 3.63) is 77.2 Å². The Morgan fingerprint density at radius 2 is 1.86 bits per heavy atom. The van der Waals surface area contributed by atoms with E-state index in [9.17, 15) is 22.4 Å². The Hall–Kier alpha value is -3.49. The molecule has 9 heteroatoms. The van der Waals surface area contributed by atoms with Crippen LogP contribution in [0, 0.1) is 5.82 Å². The zero-order valence-electron chi connectivity index (χ0n) is 14.3. The molecule has 1 amide bonds. The van der Waals surface area contributed by atoms with Gasteiger partial charge in [-0.1, -0.05) is 24.3 Å². The Kier molecular flexibility index (Phi) is 5.25. The van der Waals surface area contributed by atoms with E-state index in [4.69, 9.17) is 5.73 Å². The number of nitrogen functional groups attached to an aromatic ring is 1. The van der Waals surface area contributed by atoms with Crippen molar-refractivity contribution in [3.8, 4) is 11.4 Å². The van der Waals surface area contributed by atoms with E-state index in [2.05, 4.69) is 15.3 Å². The van der Waals surface area contributed by atoms with Crippen LogP contribution in [0.3, 0.4) is 0 Å². The number of anilines is 1. The summed E-state index contributed by atoms with van der Waals surface area (Å²) in [5.41, 5.74) is 5.62. The topological polar surface area (TPSA) is 80.9 Å². The van der Waals surface area contributed by atoms with Crippen LogP contribution in [0.1, 0.15) is 21.5 Å². The lowest BCUT2D eigenvalue weighted by molar-refractivity contribution is -0.137. The molecule has 0 fully saturated rings. The molecule has 0 bridgehead atoms. The highest BCUT2D eigenvalue weighted by Gasteiger charge is 2.30. The fourth-order valence-electron chi connectivity index (χ4n) is 2.47. The normalized spacial score (nSPS) is 11.3. The third-order valence-electron chi connectivity index (χ3n) is 3.85. The Balaban J connectivity index is 1.73. The van der Waals surface area contributed by atoms with Gasteiger partial charge in [0, 0.05) is 18.3 Å². The maximum Gasteiger partial charge on any atom is 0.416 e. The van der Waals surface area contributed by atoms with Crippen LogP contribution in [0.15, 0.2) is 54.7 Å². The maximum absolute atomic E-state index is 13.3. The number of rotatable bonds is 4. The van der Waals surface area contributed by atoms with Crippen LogP contribution in [-0.4, -0.2) is 15.9 Å². The van der Waals surface area contributed by atoms with Gasteiger partial charge in [0.2, 0.25) is 0 Å². The van der Waals surface area contributed by atoms with E-state index in [1.54, 1.807) is 6.07 Å². The summed E-state index contributed by atoms with van der Waals surface area (Å²) in [7, 11) is 0. The van der Waals surface area contributed by atoms with E-state index >= 15 is 0 Å². The van der Waals surface area contributed by atoms with Crippen molar-refractivity contribution in [2.45, 2.75) is 12.7 Å². The molecule has 0 radical (unpaired) electrons. The molecule has 0 aliphatic heterocycles. The lowest BCUT2D eigenvalue weighted by atomic mass is 10.1. The number of carbonyl (C=O) groups is 1. The van der Waals surface area contributed by atoms with E-state index in [1.165, 1.54) is 36.5 Å². The summed E-state index contributed by atoms with van der Waals surface area (Å²) < 4.78 is 51.5. The van der Waals surface area contributed by atoms with Gasteiger partial charge in [-0.25, -0.2) is 14.4 Å². The first-order valence-electron chi connectivity index (χ1n) is 8.07. The molecule has 144 valence electrons. The largest absolute Gasteiger partial charge is 0.416 e. The van der Waals surface area contributed by atoms with Crippen molar-refractivity contribution >= 4 is 11.7 Å². The highest BCUT2D eigenvalue weighted by molar-refractivity contribution is 5.98. The van der Waals surface area contributed by atoms with Gasteiger partial charge in [0.05, 0.1) is 11.1 Å². The van der Waals surface area contributed by atoms with Crippen LogP contribution >= 0.6 is 0 Å². The van der Waals surface area contributed by atoms with Gasteiger partial charge in [0.15, 0.2) is 5.82 Å². The molecule has 1 heterocycles. The van der Waals surface area contributed by atoms with Crippen LogP contribution in [0.5, 0.6) is 0 Å². The minimum absolute atomic E-state index is 0.0351. The van der Waals surface area contributed by atoms with Gasteiger partial charge < -0.3 is 11.1 Å². The first kappa shape index (κ1) is 19.3. The molecular formula is C19H14F4N4O. The van der Waals surface area contributed by atoms with Gasteiger partial charge in [-0.2, -0.15) is 13.2 Å². The van der Waals surface area contributed by atoms with Crippen molar-refractivity contribution in [2.24, 2.45) is 0 Å². The third kappa shape index (κ3) is 4.43. The lowest BCUT2D eigenvalue weighted by Gasteiger charge is -2.10.